The van der Waals surface area contributed by atoms with Crippen molar-refractivity contribution < 1.29 is 8.78 Å². The quantitative estimate of drug-likeness (QED) is 0.701. The summed E-state index contributed by atoms with van der Waals surface area (Å²) in [6.45, 7) is 0.421. The Bertz CT molecular complexity index is 577. The molecule has 0 saturated heterocycles. The zero-order chi connectivity index (χ0) is 14.7. The van der Waals surface area contributed by atoms with E-state index in [1.807, 2.05) is 0 Å². The maximum atomic E-state index is 12.4. The summed E-state index contributed by atoms with van der Waals surface area (Å²) in [6, 6.07) is 9.21. The van der Waals surface area contributed by atoms with E-state index in [1.165, 1.54) is 12.1 Å². The van der Waals surface area contributed by atoms with Crippen LogP contribution < -0.4 is 5.32 Å². The fourth-order valence-electron chi connectivity index (χ4n) is 1.68. The molecule has 0 spiro atoms. The van der Waals surface area contributed by atoms with Crippen molar-refractivity contribution in [2.24, 2.45) is 0 Å². The minimum absolute atomic E-state index is 0.00342. The molecule has 20 heavy (non-hydrogen) atoms. The molecule has 0 aliphatic rings. The van der Waals surface area contributed by atoms with Gasteiger partial charge < -0.3 is 5.32 Å². The first-order valence-electron chi connectivity index (χ1n) is 5.73. The minimum Gasteiger partial charge on any atom is -0.379 e. The highest BCUT2D eigenvalue weighted by Crippen LogP contribution is 2.34. The lowest BCUT2D eigenvalue weighted by atomic mass is 10.1. The summed E-state index contributed by atoms with van der Waals surface area (Å²) in [5.41, 5.74) is 1.41. The van der Waals surface area contributed by atoms with Crippen molar-refractivity contribution in [1.29, 1.82) is 0 Å². The zero-order valence-corrected chi connectivity index (χ0v) is 12.4. The van der Waals surface area contributed by atoms with Gasteiger partial charge in [-0.25, -0.2) is 8.78 Å². The Balaban J connectivity index is 2.09. The number of halogens is 5. The monoisotopic (exact) mass is 335 g/mol. The second-order valence-corrected chi connectivity index (χ2v) is 5.39. The molecule has 1 nitrogen and oxygen atoms in total. The van der Waals surface area contributed by atoms with Gasteiger partial charge in [0.15, 0.2) is 0 Å². The maximum absolute atomic E-state index is 12.4. The molecule has 0 aliphatic heterocycles. The molecule has 0 atom stereocenters. The Labute approximate surface area is 130 Å². The average molecular weight is 337 g/mol. The van der Waals surface area contributed by atoms with E-state index in [1.54, 1.807) is 24.3 Å². The van der Waals surface area contributed by atoms with Crippen LogP contribution in [0.3, 0.4) is 0 Å². The van der Waals surface area contributed by atoms with Gasteiger partial charge in [0.1, 0.15) is 0 Å². The van der Waals surface area contributed by atoms with Gasteiger partial charge in [-0.3, -0.25) is 0 Å². The van der Waals surface area contributed by atoms with Gasteiger partial charge in [0, 0.05) is 17.1 Å². The third kappa shape index (κ3) is 3.75. The van der Waals surface area contributed by atoms with Crippen LogP contribution in [0.2, 0.25) is 15.1 Å². The highest BCUT2D eigenvalue weighted by atomic mass is 35.5. The van der Waals surface area contributed by atoms with Crippen molar-refractivity contribution in [3.63, 3.8) is 0 Å². The fourth-order valence-corrected chi connectivity index (χ4v) is 2.63. The Morgan fingerprint density at radius 3 is 2.00 bits per heavy atom. The number of hydrogen-bond acceptors (Lipinski definition) is 1. The summed E-state index contributed by atoms with van der Waals surface area (Å²) >= 11 is 17.9. The summed E-state index contributed by atoms with van der Waals surface area (Å²) in [5, 5.41) is 4.33. The van der Waals surface area contributed by atoms with Crippen LogP contribution in [0.25, 0.3) is 0 Å². The molecule has 0 radical (unpaired) electrons. The van der Waals surface area contributed by atoms with Crippen LogP contribution in [0.4, 0.5) is 14.5 Å². The van der Waals surface area contributed by atoms with Crippen LogP contribution in [-0.2, 0) is 6.54 Å². The number of alkyl halides is 2. The molecule has 0 fully saturated rings. The largest absolute Gasteiger partial charge is 0.379 e. The van der Waals surface area contributed by atoms with Crippen molar-refractivity contribution in [2.75, 3.05) is 5.32 Å². The number of hydrogen-bond donors (Lipinski definition) is 1. The van der Waals surface area contributed by atoms with Crippen molar-refractivity contribution in [3.05, 3.63) is 62.6 Å². The van der Waals surface area contributed by atoms with Crippen molar-refractivity contribution >= 4 is 40.5 Å². The summed E-state index contributed by atoms with van der Waals surface area (Å²) in [5.74, 6) is 0. The first-order valence-corrected chi connectivity index (χ1v) is 6.86. The summed E-state index contributed by atoms with van der Waals surface area (Å²) in [7, 11) is 0. The van der Waals surface area contributed by atoms with E-state index < -0.39 is 6.43 Å². The number of benzene rings is 2. The van der Waals surface area contributed by atoms with Crippen LogP contribution in [0.5, 0.6) is 0 Å². The molecule has 0 bridgehead atoms. The maximum Gasteiger partial charge on any atom is 0.263 e. The van der Waals surface area contributed by atoms with Crippen LogP contribution >= 0.6 is 34.8 Å². The third-order valence-corrected chi connectivity index (χ3v) is 3.52. The van der Waals surface area contributed by atoms with E-state index in [-0.39, 0.29) is 5.56 Å². The predicted octanol–water partition coefficient (Wildman–Crippen LogP) is 6.20. The zero-order valence-electron chi connectivity index (χ0n) is 10.1. The highest BCUT2D eigenvalue weighted by Gasteiger charge is 2.08. The molecule has 106 valence electrons. The van der Waals surface area contributed by atoms with E-state index in [0.717, 1.165) is 5.56 Å². The van der Waals surface area contributed by atoms with E-state index in [4.69, 9.17) is 34.8 Å². The Morgan fingerprint density at radius 2 is 1.50 bits per heavy atom. The van der Waals surface area contributed by atoms with Gasteiger partial charge in [-0.2, -0.15) is 0 Å². The summed E-state index contributed by atoms with van der Waals surface area (Å²) in [6.07, 6.45) is -2.46. The van der Waals surface area contributed by atoms with Crippen molar-refractivity contribution in [1.82, 2.24) is 0 Å². The van der Waals surface area contributed by atoms with Gasteiger partial charge in [-0.15, -0.1) is 0 Å². The van der Waals surface area contributed by atoms with Crippen LogP contribution in [0.15, 0.2) is 36.4 Å². The highest BCUT2D eigenvalue weighted by molar-refractivity contribution is 6.41. The smallest absolute Gasteiger partial charge is 0.263 e. The molecule has 0 heterocycles. The molecule has 0 aromatic heterocycles. The van der Waals surface area contributed by atoms with E-state index in [2.05, 4.69) is 5.32 Å². The SMILES string of the molecule is FC(F)c1ccc(CNc2c(Cl)cc(Cl)cc2Cl)cc1. The van der Waals surface area contributed by atoms with E-state index >= 15 is 0 Å². The molecule has 0 saturated carbocycles. The standard InChI is InChI=1S/C14H10Cl3F2N/c15-10-5-11(16)13(12(17)6-10)20-7-8-1-3-9(4-2-8)14(18)19/h1-6,14,20H,7H2. The molecular weight excluding hydrogens is 327 g/mol. The van der Waals surface area contributed by atoms with Crippen LogP contribution in [0.1, 0.15) is 17.6 Å². The Morgan fingerprint density at radius 1 is 0.950 bits per heavy atom. The molecule has 1 N–H and O–H groups in total. The lowest BCUT2D eigenvalue weighted by molar-refractivity contribution is 0.151. The second kappa shape index (κ2) is 6.61. The average Bonchev–Trinajstić information content (AvgIpc) is 2.38. The Kier molecular flexibility index (Phi) is 5.08. The second-order valence-electron chi connectivity index (χ2n) is 4.14. The normalized spacial score (nSPS) is 10.9. The van der Waals surface area contributed by atoms with E-state index in [0.29, 0.717) is 27.3 Å². The van der Waals surface area contributed by atoms with Crippen LogP contribution in [-0.4, -0.2) is 0 Å². The molecule has 2 aromatic carbocycles. The van der Waals surface area contributed by atoms with Gasteiger partial charge in [-0.05, 0) is 17.7 Å². The molecule has 6 heteroatoms. The summed E-state index contributed by atoms with van der Waals surface area (Å²) in [4.78, 5) is 0. The molecule has 0 amide bonds. The third-order valence-electron chi connectivity index (χ3n) is 2.71. The van der Waals surface area contributed by atoms with Gasteiger partial charge >= 0.3 is 0 Å². The van der Waals surface area contributed by atoms with Crippen molar-refractivity contribution in [2.45, 2.75) is 13.0 Å². The van der Waals surface area contributed by atoms with Gasteiger partial charge in [0.05, 0.1) is 15.7 Å². The molecular formula is C14H10Cl3F2N. The molecule has 0 aliphatic carbocycles. The first kappa shape index (κ1) is 15.4. The molecule has 2 aromatic rings. The number of anilines is 1. The van der Waals surface area contributed by atoms with Crippen molar-refractivity contribution in [3.8, 4) is 0 Å². The van der Waals surface area contributed by atoms with E-state index in [9.17, 15) is 8.78 Å². The van der Waals surface area contributed by atoms with Gasteiger partial charge in [0.2, 0.25) is 0 Å². The molecule has 2 rings (SSSR count). The van der Waals surface area contributed by atoms with Gasteiger partial charge in [0.25, 0.3) is 6.43 Å². The summed E-state index contributed by atoms with van der Waals surface area (Å²) < 4.78 is 24.9. The lowest BCUT2D eigenvalue weighted by Gasteiger charge is -2.11. The minimum atomic E-state index is -2.46. The van der Waals surface area contributed by atoms with Gasteiger partial charge in [-0.1, -0.05) is 59.1 Å². The number of rotatable bonds is 4. The lowest BCUT2D eigenvalue weighted by Crippen LogP contribution is -2.01. The Hall–Kier alpha value is -1.03. The predicted molar refractivity (Wildman–Crippen MR) is 80.2 cm³/mol. The number of nitrogens with one attached hydrogen (secondary N) is 1. The topological polar surface area (TPSA) is 12.0 Å². The fraction of sp³-hybridized carbons (Fsp3) is 0.143. The molecule has 0 unspecified atom stereocenters. The van der Waals surface area contributed by atoms with Crippen LogP contribution in [0, 0.1) is 0 Å². The first-order chi connectivity index (χ1) is 9.47.